The number of benzene rings is 2. The summed E-state index contributed by atoms with van der Waals surface area (Å²) in [6, 6.07) is 14.6. The number of esters is 1. The summed E-state index contributed by atoms with van der Waals surface area (Å²) in [6.07, 6.45) is 0. The average Bonchev–Trinajstić information content (AvgIpc) is 3.11. The number of nitrogens with zero attached hydrogens (tertiary/aromatic N) is 1. The van der Waals surface area contributed by atoms with E-state index in [4.69, 9.17) is 4.74 Å². The molecule has 2 aromatic carbocycles. The van der Waals surface area contributed by atoms with Gasteiger partial charge in [-0.3, -0.25) is 14.5 Å². The Morgan fingerprint density at radius 2 is 1.82 bits per heavy atom. The van der Waals surface area contributed by atoms with Crippen molar-refractivity contribution in [3.05, 3.63) is 59.5 Å². The van der Waals surface area contributed by atoms with Gasteiger partial charge in [-0.05, 0) is 32.0 Å². The van der Waals surface area contributed by atoms with Crippen molar-refractivity contribution in [3.8, 4) is 0 Å². The molecule has 3 aromatic rings. The molecule has 4 rings (SSSR count). The lowest BCUT2D eigenvalue weighted by Crippen LogP contribution is -2.59. The lowest BCUT2D eigenvalue weighted by molar-refractivity contribution is -0.128. The monoisotopic (exact) mass is 394 g/mol. The molecule has 0 radical (unpaired) electrons. The zero-order valence-corrected chi connectivity index (χ0v) is 16.2. The number of carbonyl (C=O) groups excluding carboxylic acids is 3. The molecule has 0 unspecified atom stereocenters. The molecule has 6 nitrogen and oxygen atoms in total. The molecular formula is C21H18N2O4S. The smallest absolute Gasteiger partial charge is 0.340 e. The second kappa shape index (κ2) is 6.76. The van der Waals surface area contributed by atoms with Gasteiger partial charge >= 0.3 is 5.97 Å². The van der Waals surface area contributed by atoms with Crippen molar-refractivity contribution < 1.29 is 19.1 Å². The van der Waals surface area contributed by atoms with Crippen molar-refractivity contribution in [2.75, 3.05) is 16.8 Å². The van der Waals surface area contributed by atoms with Gasteiger partial charge in [0, 0.05) is 15.5 Å². The van der Waals surface area contributed by atoms with Crippen molar-refractivity contribution in [3.63, 3.8) is 0 Å². The Labute approximate surface area is 165 Å². The molecule has 1 aliphatic rings. The Morgan fingerprint density at radius 3 is 2.64 bits per heavy atom. The number of hydrogen-bond acceptors (Lipinski definition) is 5. The Hall–Kier alpha value is -3.19. The van der Waals surface area contributed by atoms with E-state index in [1.165, 1.54) is 16.2 Å². The second-order valence-electron chi connectivity index (χ2n) is 6.98. The molecule has 28 heavy (non-hydrogen) atoms. The number of amides is 2. The Morgan fingerprint density at radius 1 is 1.11 bits per heavy atom. The summed E-state index contributed by atoms with van der Waals surface area (Å²) in [7, 11) is 0. The summed E-state index contributed by atoms with van der Waals surface area (Å²) in [5.41, 5.74) is 0.460. The van der Waals surface area contributed by atoms with Crippen LogP contribution in [0, 0.1) is 0 Å². The largest absolute Gasteiger partial charge is 0.452 e. The highest BCUT2D eigenvalue weighted by Gasteiger charge is 2.43. The molecular weight excluding hydrogens is 376 g/mol. The summed E-state index contributed by atoms with van der Waals surface area (Å²) < 4.78 is 6.27. The molecule has 0 fully saturated rings. The maximum Gasteiger partial charge on any atom is 0.340 e. The van der Waals surface area contributed by atoms with E-state index in [1.807, 2.05) is 24.3 Å². The van der Waals surface area contributed by atoms with E-state index in [0.717, 1.165) is 10.1 Å². The highest BCUT2D eigenvalue weighted by molar-refractivity contribution is 7.17. The number of para-hydroxylation sites is 2. The quantitative estimate of drug-likeness (QED) is 0.685. The fraction of sp³-hybridized carbons (Fsp3) is 0.190. The van der Waals surface area contributed by atoms with Gasteiger partial charge in [-0.25, -0.2) is 4.79 Å². The van der Waals surface area contributed by atoms with Crippen molar-refractivity contribution in [1.29, 1.82) is 0 Å². The van der Waals surface area contributed by atoms with Crippen LogP contribution in [0.25, 0.3) is 10.1 Å². The topological polar surface area (TPSA) is 75.7 Å². The highest BCUT2D eigenvalue weighted by atomic mass is 32.1. The molecule has 0 saturated heterocycles. The first-order chi connectivity index (χ1) is 13.4. The fourth-order valence-electron chi connectivity index (χ4n) is 3.30. The average molecular weight is 394 g/mol. The number of hydrogen-bond donors (Lipinski definition) is 1. The van der Waals surface area contributed by atoms with Crippen LogP contribution in [-0.4, -0.2) is 29.9 Å². The maximum absolute atomic E-state index is 12.9. The van der Waals surface area contributed by atoms with Gasteiger partial charge < -0.3 is 10.1 Å². The number of nitrogens with one attached hydrogen (secondary N) is 1. The number of fused-ring (bicyclic) bond motifs is 2. The minimum atomic E-state index is -1.10. The predicted molar refractivity (Wildman–Crippen MR) is 109 cm³/mol. The Bertz CT molecular complexity index is 1100. The zero-order chi connectivity index (χ0) is 19.9. The number of anilines is 2. The molecule has 2 heterocycles. The van der Waals surface area contributed by atoms with Gasteiger partial charge in [-0.1, -0.05) is 30.3 Å². The van der Waals surface area contributed by atoms with Crippen LogP contribution in [0.3, 0.4) is 0 Å². The molecule has 0 aliphatic carbocycles. The van der Waals surface area contributed by atoms with Crippen LogP contribution < -0.4 is 10.2 Å². The number of carbonyl (C=O) groups is 3. The third kappa shape index (κ3) is 2.93. The standard InChI is InChI=1S/C21H18N2O4S/c1-21(2)20(26)22-15-8-4-5-9-16(15)23(21)18(24)11-27-19(25)14-12-28-17-10-6-3-7-13(14)17/h3-10,12H,11H2,1-2H3,(H,22,26). The van der Waals surface area contributed by atoms with Crippen molar-refractivity contribution in [2.45, 2.75) is 19.4 Å². The molecule has 1 aromatic heterocycles. The number of rotatable bonds is 3. The third-order valence-electron chi connectivity index (χ3n) is 4.78. The van der Waals surface area contributed by atoms with E-state index in [0.29, 0.717) is 16.9 Å². The first-order valence-corrected chi connectivity index (χ1v) is 9.64. The first kappa shape index (κ1) is 18.2. The van der Waals surface area contributed by atoms with Gasteiger partial charge in [0.05, 0.1) is 16.9 Å². The molecule has 2 amide bonds. The predicted octanol–water partition coefficient (Wildman–Crippen LogP) is 3.82. The summed E-state index contributed by atoms with van der Waals surface area (Å²) in [4.78, 5) is 39.3. The van der Waals surface area contributed by atoms with Gasteiger partial charge in [0.2, 0.25) is 5.91 Å². The maximum atomic E-state index is 12.9. The van der Waals surface area contributed by atoms with Crippen LogP contribution in [0.4, 0.5) is 11.4 Å². The van der Waals surface area contributed by atoms with Gasteiger partial charge in [0.15, 0.2) is 6.61 Å². The number of thiophene rings is 1. The Kier molecular flexibility index (Phi) is 4.39. The van der Waals surface area contributed by atoms with Crippen molar-refractivity contribution in [2.24, 2.45) is 0 Å². The molecule has 0 saturated carbocycles. The SMILES string of the molecule is CC1(C)C(=O)Nc2ccccc2N1C(=O)COC(=O)c1csc2ccccc12. The minimum Gasteiger partial charge on any atom is -0.452 e. The fourth-order valence-corrected chi connectivity index (χ4v) is 4.23. The van der Waals surface area contributed by atoms with Gasteiger partial charge in [-0.15, -0.1) is 11.3 Å². The molecule has 7 heteroatoms. The second-order valence-corrected chi connectivity index (χ2v) is 7.89. The summed E-state index contributed by atoms with van der Waals surface area (Å²) in [5, 5.41) is 5.33. The minimum absolute atomic E-state index is 0.297. The van der Waals surface area contributed by atoms with Crippen LogP contribution in [0.5, 0.6) is 0 Å². The van der Waals surface area contributed by atoms with Crippen LogP contribution in [0.1, 0.15) is 24.2 Å². The Balaban J connectivity index is 1.56. The van der Waals surface area contributed by atoms with Gasteiger partial charge in [0.1, 0.15) is 5.54 Å². The molecule has 1 aliphatic heterocycles. The van der Waals surface area contributed by atoms with E-state index < -0.39 is 24.0 Å². The van der Waals surface area contributed by atoms with E-state index in [2.05, 4.69) is 5.32 Å². The summed E-state index contributed by atoms with van der Waals surface area (Å²) in [5.74, 6) is -1.31. The van der Waals surface area contributed by atoms with Crippen LogP contribution in [0.2, 0.25) is 0 Å². The van der Waals surface area contributed by atoms with Crippen LogP contribution in [0.15, 0.2) is 53.9 Å². The van der Waals surface area contributed by atoms with E-state index >= 15 is 0 Å². The van der Waals surface area contributed by atoms with Crippen LogP contribution in [-0.2, 0) is 14.3 Å². The van der Waals surface area contributed by atoms with E-state index in [9.17, 15) is 14.4 Å². The molecule has 142 valence electrons. The zero-order valence-electron chi connectivity index (χ0n) is 15.4. The molecule has 1 N–H and O–H groups in total. The molecule has 0 atom stereocenters. The molecule has 0 spiro atoms. The lowest BCUT2D eigenvalue weighted by Gasteiger charge is -2.41. The van der Waals surface area contributed by atoms with Crippen molar-refractivity contribution >= 4 is 50.6 Å². The van der Waals surface area contributed by atoms with Crippen LogP contribution >= 0.6 is 11.3 Å². The summed E-state index contributed by atoms with van der Waals surface area (Å²) >= 11 is 1.45. The van der Waals surface area contributed by atoms with E-state index in [1.54, 1.807) is 43.5 Å². The summed E-state index contributed by atoms with van der Waals surface area (Å²) in [6.45, 7) is 2.86. The number of ether oxygens (including phenoxy) is 1. The normalized spacial score (nSPS) is 15.1. The van der Waals surface area contributed by atoms with Gasteiger partial charge in [-0.2, -0.15) is 0 Å². The van der Waals surface area contributed by atoms with E-state index in [-0.39, 0.29) is 5.91 Å². The van der Waals surface area contributed by atoms with Crippen molar-refractivity contribution in [1.82, 2.24) is 0 Å². The first-order valence-electron chi connectivity index (χ1n) is 8.76. The van der Waals surface area contributed by atoms with Gasteiger partial charge in [0.25, 0.3) is 5.91 Å². The highest BCUT2D eigenvalue weighted by Crippen LogP contribution is 2.36. The molecule has 0 bridgehead atoms. The lowest BCUT2D eigenvalue weighted by atomic mass is 9.96. The third-order valence-corrected chi connectivity index (χ3v) is 5.75.